The molecule has 2 fully saturated rings. The number of amides is 2. The standard InChI is InChI=1S/C17H22ClN3O4.ClH/c1-24-15-10-13(19)12(18)9-11(15)16(22)20-4-6-21(7-5-20)17(23)14-3-2-8-25-14;/h9-10,14H,2-8,19H2,1H3;1H. The van der Waals surface area contributed by atoms with Gasteiger partial charge in [0.1, 0.15) is 11.9 Å². The summed E-state index contributed by atoms with van der Waals surface area (Å²) in [5.74, 6) is 0.241. The number of piperazine rings is 1. The first kappa shape index (κ1) is 20.6. The first-order chi connectivity index (χ1) is 12.0. The molecule has 2 aliphatic heterocycles. The van der Waals surface area contributed by atoms with Crippen molar-refractivity contribution in [3.05, 3.63) is 22.7 Å². The van der Waals surface area contributed by atoms with Crippen LogP contribution in [0.3, 0.4) is 0 Å². The lowest BCUT2D eigenvalue weighted by molar-refractivity contribution is -0.142. The molecule has 3 rings (SSSR count). The minimum atomic E-state index is -0.321. The van der Waals surface area contributed by atoms with E-state index in [0.29, 0.717) is 54.8 Å². The van der Waals surface area contributed by atoms with Gasteiger partial charge >= 0.3 is 0 Å². The molecule has 1 atom stereocenters. The van der Waals surface area contributed by atoms with Crippen molar-refractivity contribution in [2.45, 2.75) is 18.9 Å². The summed E-state index contributed by atoms with van der Waals surface area (Å²) in [6.45, 7) is 2.56. The maximum Gasteiger partial charge on any atom is 0.257 e. The van der Waals surface area contributed by atoms with Crippen LogP contribution in [-0.4, -0.2) is 67.6 Å². The highest BCUT2D eigenvalue weighted by atomic mass is 35.5. The summed E-state index contributed by atoms with van der Waals surface area (Å²) >= 11 is 6.05. The summed E-state index contributed by atoms with van der Waals surface area (Å²) in [4.78, 5) is 28.6. The van der Waals surface area contributed by atoms with E-state index in [0.717, 1.165) is 12.8 Å². The molecule has 1 aromatic carbocycles. The fourth-order valence-corrected chi connectivity index (χ4v) is 3.35. The van der Waals surface area contributed by atoms with Crippen LogP contribution in [0.1, 0.15) is 23.2 Å². The van der Waals surface area contributed by atoms with E-state index < -0.39 is 0 Å². The molecule has 1 aromatic rings. The topological polar surface area (TPSA) is 85.1 Å². The number of nitrogens with zero attached hydrogens (tertiary/aromatic N) is 2. The van der Waals surface area contributed by atoms with Gasteiger partial charge in [0.05, 0.1) is 23.4 Å². The van der Waals surface area contributed by atoms with Crippen molar-refractivity contribution in [1.82, 2.24) is 9.80 Å². The van der Waals surface area contributed by atoms with Crippen LogP contribution in [0.25, 0.3) is 0 Å². The van der Waals surface area contributed by atoms with Crippen LogP contribution in [0.4, 0.5) is 5.69 Å². The Balaban J connectivity index is 0.00000243. The van der Waals surface area contributed by atoms with Crippen molar-refractivity contribution in [2.24, 2.45) is 0 Å². The zero-order valence-corrected chi connectivity index (χ0v) is 16.1. The fraction of sp³-hybridized carbons (Fsp3) is 0.529. The maximum atomic E-state index is 12.8. The van der Waals surface area contributed by atoms with Crippen LogP contribution in [0, 0.1) is 0 Å². The van der Waals surface area contributed by atoms with Gasteiger partial charge in [-0.25, -0.2) is 0 Å². The average Bonchev–Trinajstić information content (AvgIpc) is 3.17. The summed E-state index contributed by atoms with van der Waals surface area (Å²) in [5.41, 5.74) is 6.50. The van der Waals surface area contributed by atoms with E-state index in [4.69, 9.17) is 26.8 Å². The lowest BCUT2D eigenvalue weighted by Gasteiger charge is -2.36. The highest BCUT2D eigenvalue weighted by Gasteiger charge is 2.32. The van der Waals surface area contributed by atoms with Gasteiger partial charge in [-0.15, -0.1) is 12.4 Å². The number of halogens is 2. The Morgan fingerprint density at radius 2 is 1.88 bits per heavy atom. The molecule has 0 saturated carbocycles. The minimum Gasteiger partial charge on any atom is -0.496 e. The summed E-state index contributed by atoms with van der Waals surface area (Å²) in [6.07, 6.45) is 1.38. The number of carbonyl (C=O) groups is 2. The number of benzene rings is 1. The highest BCUT2D eigenvalue weighted by Crippen LogP contribution is 2.30. The Labute approximate surface area is 163 Å². The van der Waals surface area contributed by atoms with Gasteiger partial charge in [0.25, 0.3) is 11.8 Å². The van der Waals surface area contributed by atoms with E-state index in [1.165, 1.54) is 13.2 Å². The fourth-order valence-electron chi connectivity index (χ4n) is 3.18. The van der Waals surface area contributed by atoms with Crippen LogP contribution in [-0.2, 0) is 9.53 Å². The molecule has 2 amide bonds. The summed E-state index contributed by atoms with van der Waals surface area (Å²) in [6, 6.07) is 3.08. The minimum absolute atomic E-state index is 0. The molecular weight excluding hydrogens is 381 g/mol. The zero-order chi connectivity index (χ0) is 18.0. The molecule has 0 spiro atoms. The average molecular weight is 404 g/mol. The number of anilines is 1. The van der Waals surface area contributed by atoms with Gasteiger partial charge in [0, 0.05) is 38.9 Å². The molecule has 0 bridgehead atoms. The van der Waals surface area contributed by atoms with E-state index >= 15 is 0 Å². The monoisotopic (exact) mass is 403 g/mol. The largest absolute Gasteiger partial charge is 0.496 e. The van der Waals surface area contributed by atoms with Gasteiger partial charge in [0.15, 0.2) is 0 Å². The number of nitrogen functional groups attached to an aromatic ring is 1. The molecule has 26 heavy (non-hydrogen) atoms. The molecule has 2 saturated heterocycles. The van der Waals surface area contributed by atoms with E-state index in [9.17, 15) is 9.59 Å². The summed E-state index contributed by atoms with van der Waals surface area (Å²) < 4.78 is 10.7. The molecule has 7 nitrogen and oxygen atoms in total. The Morgan fingerprint density at radius 3 is 2.46 bits per heavy atom. The molecule has 2 N–H and O–H groups in total. The molecule has 2 heterocycles. The number of rotatable bonds is 3. The first-order valence-corrected chi connectivity index (χ1v) is 8.71. The number of methoxy groups -OCH3 is 1. The van der Waals surface area contributed by atoms with Gasteiger partial charge in [-0.05, 0) is 18.9 Å². The van der Waals surface area contributed by atoms with Crippen molar-refractivity contribution in [3.8, 4) is 5.75 Å². The van der Waals surface area contributed by atoms with Gasteiger partial charge in [-0.1, -0.05) is 11.6 Å². The molecule has 0 aliphatic carbocycles. The van der Waals surface area contributed by atoms with Crippen LogP contribution in [0.5, 0.6) is 5.75 Å². The molecule has 0 aromatic heterocycles. The third kappa shape index (κ3) is 4.16. The predicted octanol–water partition coefficient (Wildman–Crippen LogP) is 1.82. The van der Waals surface area contributed by atoms with E-state index in [2.05, 4.69) is 0 Å². The van der Waals surface area contributed by atoms with Gasteiger partial charge < -0.3 is 25.0 Å². The van der Waals surface area contributed by atoms with E-state index in [-0.39, 0.29) is 30.3 Å². The highest BCUT2D eigenvalue weighted by molar-refractivity contribution is 6.33. The third-order valence-corrected chi connectivity index (χ3v) is 4.96. The van der Waals surface area contributed by atoms with E-state index in [1.54, 1.807) is 15.9 Å². The molecule has 1 unspecified atom stereocenters. The quantitative estimate of drug-likeness (QED) is 0.777. The summed E-state index contributed by atoms with van der Waals surface area (Å²) in [5, 5.41) is 0.316. The second-order valence-corrected chi connectivity index (χ2v) is 6.60. The number of nitrogens with two attached hydrogens (primary N) is 1. The van der Waals surface area contributed by atoms with Crippen molar-refractivity contribution in [2.75, 3.05) is 45.6 Å². The lowest BCUT2D eigenvalue weighted by atomic mass is 10.1. The Hall–Kier alpha value is -1.70. The lowest BCUT2D eigenvalue weighted by Crippen LogP contribution is -2.52. The van der Waals surface area contributed by atoms with Crippen LogP contribution >= 0.6 is 24.0 Å². The SMILES string of the molecule is COc1cc(N)c(Cl)cc1C(=O)N1CCN(C(=O)C2CCCO2)CC1.Cl. The normalized spacial score (nSPS) is 19.8. The third-order valence-electron chi connectivity index (χ3n) is 4.63. The van der Waals surface area contributed by atoms with Crippen LogP contribution < -0.4 is 10.5 Å². The molecule has 144 valence electrons. The van der Waals surface area contributed by atoms with Crippen molar-refractivity contribution in [3.63, 3.8) is 0 Å². The van der Waals surface area contributed by atoms with E-state index in [1.807, 2.05) is 0 Å². The van der Waals surface area contributed by atoms with Crippen molar-refractivity contribution < 1.29 is 19.1 Å². The number of hydrogen-bond donors (Lipinski definition) is 1. The number of ether oxygens (including phenoxy) is 2. The molecule has 2 aliphatic rings. The number of hydrogen-bond acceptors (Lipinski definition) is 5. The number of carbonyl (C=O) groups excluding carboxylic acids is 2. The van der Waals surface area contributed by atoms with Gasteiger partial charge in [-0.2, -0.15) is 0 Å². The molecular formula is C17H23Cl2N3O4. The first-order valence-electron chi connectivity index (χ1n) is 8.34. The summed E-state index contributed by atoms with van der Waals surface area (Å²) in [7, 11) is 1.48. The zero-order valence-electron chi connectivity index (χ0n) is 14.6. The predicted molar refractivity (Wildman–Crippen MR) is 101 cm³/mol. The smallest absolute Gasteiger partial charge is 0.257 e. The Kier molecular flexibility index (Phi) is 6.97. The van der Waals surface area contributed by atoms with Crippen LogP contribution in [0.15, 0.2) is 12.1 Å². The Bertz CT molecular complexity index is 672. The second-order valence-electron chi connectivity index (χ2n) is 6.19. The Morgan fingerprint density at radius 1 is 1.23 bits per heavy atom. The second kappa shape index (κ2) is 8.79. The maximum absolute atomic E-state index is 12.8. The van der Waals surface area contributed by atoms with Gasteiger partial charge in [-0.3, -0.25) is 9.59 Å². The van der Waals surface area contributed by atoms with Gasteiger partial charge in [0.2, 0.25) is 0 Å². The molecule has 9 heteroatoms. The van der Waals surface area contributed by atoms with Crippen molar-refractivity contribution in [1.29, 1.82) is 0 Å². The molecule has 0 radical (unpaired) electrons. The van der Waals surface area contributed by atoms with Crippen molar-refractivity contribution >= 4 is 41.5 Å². The van der Waals surface area contributed by atoms with Crippen LogP contribution in [0.2, 0.25) is 5.02 Å².